The largest absolute Gasteiger partial charge is 0.404 e. The fourth-order valence-electron chi connectivity index (χ4n) is 1.53. The Hall–Kier alpha value is -1.23. The van der Waals surface area contributed by atoms with Crippen LogP contribution in [0.3, 0.4) is 0 Å². The van der Waals surface area contributed by atoms with Crippen molar-refractivity contribution in [3.63, 3.8) is 0 Å². The first kappa shape index (κ1) is 13.2. The van der Waals surface area contributed by atoms with E-state index < -0.39 is 0 Å². The van der Waals surface area contributed by atoms with Crippen LogP contribution in [0.1, 0.15) is 18.5 Å². The molecular weight excluding hydrogens is 297 g/mol. The molecule has 0 aromatic carbocycles. The van der Waals surface area contributed by atoms with Gasteiger partial charge in [-0.3, -0.25) is 9.98 Å². The second-order valence-electron chi connectivity index (χ2n) is 4.44. The summed E-state index contributed by atoms with van der Waals surface area (Å²) in [6, 6.07) is 1.40. The molecule has 1 heterocycles. The van der Waals surface area contributed by atoms with E-state index in [1.165, 1.54) is 31.3 Å². The van der Waals surface area contributed by atoms with Crippen molar-refractivity contribution >= 4 is 22.1 Å². The standard InChI is InChI=1S/C13H15BrFN3/c14-12-4-11(15)8-18-13(12)3-10(5-16)7-17-6-9-1-2-9/h4-5,7-9H,1-3,6,16H2. The predicted octanol–water partition coefficient (Wildman–Crippen LogP) is 2.85. The molecule has 1 fully saturated rings. The topological polar surface area (TPSA) is 51.3 Å². The maximum absolute atomic E-state index is 12.9. The lowest BCUT2D eigenvalue weighted by molar-refractivity contribution is 0.618. The number of hydrogen-bond acceptors (Lipinski definition) is 3. The van der Waals surface area contributed by atoms with E-state index in [1.807, 2.05) is 0 Å². The molecule has 0 amide bonds. The van der Waals surface area contributed by atoms with E-state index >= 15 is 0 Å². The monoisotopic (exact) mass is 311 g/mol. The summed E-state index contributed by atoms with van der Waals surface area (Å²) in [6.45, 7) is 0.870. The highest BCUT2D eigenvalue weighted by atomic mass is 79.9. The predicted molar refractivity (Wildman–Crippen MR) is 74.0 cm³/mol. The van der Waals surface area contributed by atoms with Crippen LogP contribution in [0.5, 0.6) is 0 Å². The van der Waals surface area contributed by atoms with Crippen LogP contribution in [-0.2, 0) is 6.42 Å². The summed E-state index contributed by atoms with van der Waals surface area (Å²) < 4.78 is 13.6. The normalized spacial score (nSPS) is 16.4. The average molecular weight is 312 g/mol. The summed E-state index contributed by atoms with van der Waals surface area (Å²) in [7, 11) is 0. The average Bonchev–Trinajstić information content (AvgIpc) is 3.15. The Morgan fingerprint density at radius 2 is 2.39 bits per heavy atom. The molecule has 2 N–H and O–H groups in total. The number of allylic oxidation sites excluding steroid dienone is 1. The summed E-state index contributed by atoms with van der Waals surface area (Å²) in [5.74, 6) is 0.405. The van der Waals surface area contributed by atoms with Crippen LogP contribution in [-0.4, -0.2) is 17.7 Å². The number of aliphatic imine (C=N–C) groups is 1. The molecule has 96 valence electrons. The molecule has 2 rings (SSSR count). The molecular formula is C13H15BrFN3. The third-order valence-electron chi connectivity index (χ3n) is 2.79. The van der Waals surface area contributed by atoms with Gasteiger partial charge in [-0.1, -0.05) is 0 Å². The molecule has 1 aromatic heterocycles. The third kappa shape index (κ3) is 3.91. The van der Waals surface area contributed by atoms with Crippen molar-refractivity contribution in [1.29, 1.82) is 0 Å². The van der Waals surface area contributed by atoms with Crippen molar-refractivity contribution in [1.82, 2.24) is 4.98 Å². The molecule has 0 unspecified atom stereocenters. The lowest BCUT2D eigenvalue weighted by atomic mass is 10.1. The van der Waals surface area contributed by atoms with Crippen molar-refractivity contribution < 1.29 is 4.39 Å². The van der Waals surface area contributed by atoms with Gasteiger partial charge >= 0.3 is 0 Å². The summed E-state index contributed by atoms with van der Waals surface area (Å²) in [5, 5.41) is 0. The van der Waals surface area contributed by atoms with Crippen LogP contribution in [0.15, 0.2) is 33.5 Å². The van der Waals surface area contributed by atoms with Crippen LogP contribution in [0.25, 0.3) is 0 Å². The molecule has 18 heavy (non-hydrogen) atoms. The van der Waals surface area contributed by atoms with E-state index in [1.54, 1.807) is 6.21 Å². The van der Waals surface area contributed by atoms with Gasteiger partial charge in [-0.15, -0.1) is 0 Å². The Morgan fingerprint density at radius 3 is 3.00 bits per heavy atom. The van der Waals surface area contributed by atoms with Crippen molar-refractivity contribution in [2.75, 3.05) is 6.54 Å². The zero-order valence-electron chi connectivity index (χ0n) is 9.94. The van der Waals surface area contributed by atoms with Crippen LogP contribution < -0.4 is 5.73 Å². The SMILES string of the molecule is NC=C(C=NCC1CC1)Cc1ncc(F)cc1Br. The van der Waals surface area contributed by atoms with Gasteiger partial charge in [0.15, 0.2) is 0 Å². The molecule has 5 heteroatoms. The minimum absolute atomic E-state index is 0.355. The van der Waals surface area contributed by atoms with E-state index in [2.05, 4.69) is 25.9 Å². The van der Waals surface area contributed by atoms with Gasteiger partial charge in [0, 0.05) is 23.7 Å². The molecule has 0 atom stereocenters. The molecule has 0 saturated heterocycles. The number of nitrogens with zero attached hydrogens (tertiary/aromatic N) is 2. The fraction of sp³-hybridized carbons (Fsp3) is 0.385. The first-order valence-corrected chi connectivity index (χ1v) is 6.69. The minimum Gasteiger partial charge on any atom is -0.404 e. The molecule has 1 aromatic rings. The van der Waals surface area contributed by atoms with Gasteiger partial charge in [0.1, 0.15) is 5.82 Å². The Balaban J connectivity index is 1.98. The second-order valence-corrected chi connectivity index (χ2v) is 5.29. The highest BCUT2D eigenvalue weighted by Gasteiger charge is 2.19. The molecule has 0 spiro atoms. The summed E-state index contributed by atoms with van der Waals surface area (Å²) in [5.41, 5.74) is 7.20. The number of aromatic nitrogens is 1. The Labute approximate surface area is 114 Å². The zero-order chi connectivity index (χ0) is 13.0. The lowest BCUT2D eigenvalue weighted by Gasteiger charge is -2.03. The highest BCUT2D eigenvalue weighted by Crippen LogP contribution is 2.28. The molecule has 0 radical (unpaired) electrons. The fourth-order valence-corrected chi connectivity index (χ4v) is 1.99. The van der Waals surface area contributed by atoms with Crippen LogP contribution in [0, 0.1) is 11.7 Å². The molecule has 0 bridgehead atoms. The first-order chi connectivity index (χ1) is 8.69. The minimum atomic E-state index is -0.355. The maximum atomic E-state index is 12.9. The van der Waals surface area contributed by atoms with Crippen molar-refractivity contribution in [2.24, 2.45) is 16.6 Å². The smallest absolute Gasteiger partial charge is 0.142 e. The molecule has 1 aliphatic rings. The van der Waals surface area contributed by atoms with Gasteiger partial charge in [0.2, 0.25) is 0 Å². The number of hydrogen-bond donors (Lipinski definition) is 1. The number of pyridine rings is 1. The van der Waals surface area contributed by atoms with Gasteiger partial charge in [0.05, 0.1) is 11.9 Å². The van der Waals surface area contributed by atoms with Gasteiger partial charge < -0.3 is 5.73 Å². The molecule has 1 aliphatic carbocycles. The van der Waals surface area contributed by atoms with Crippen LogP contribution >= 0.6 is 15.9 Å². The van der Waals surface area contributed by atoms with Gasteiger partial charge in [-0.25, -0.2) is 4.39 Å². The molecule has 3 nitrogen and oxygen atoms in total. The summed E-state index contributed by atoms with van der Waals surface area (Å²) in [4.78, 5) is 8.40. The van der Waals surface area contributed by atoms with Gasteiger partial charge in [0.25, 0.3) is 0 Å². The van der Waals surface area contributed by atoms with Crippen molar-refractivity contribution in [3.05, 3.63) is 40.0 Å². The van der Waals surface area contributed by atoms with E-state index in [0.29, 0.717) is 10.9 Å². The second kappa shape index (κ2) is 6.09. The Kier molecular flexibility index (Phi) is 4.47. The van der Waals surface area contributed by atoms with Crippen LogP contribution in [0.2, 0.25) is 0 Å². The summed E-state index contributed by atoms with van der Waals surface area (Å²) >= 11 is 3.29. The Morgan fingerprint density at radius 1 is 1.61 bits per heavy atom. The van der Waals surface area contributed by atoms with Crippen molar-refractivity contribution in [3.8, 4) is 0 Å². The van der Waals surface area contributed by atoms with E-state index in [9.17, 15) is 4.39 Å². The highest BCUT2D eigenvalue weighted by molar-refractivity contribution is 9.10. The zero-order valence-corrected chi connectivity index (χ0v) is 11.5. The number of rotatable bonds is 5. The molecule has 1 saturated carbocycles. The molecule has 0 aliphatic heterocycles. The Bertz CT molecular complexity index is 481. The van der Waals surface area contributed by atoms with Gasteiger partial charge in [-0.05, 0) is 52.5 Å². The summed E-state index contributed by atoms with van der Waals surface area (Å²) in [6.07, 6.45) is 7.62. The quantitative estimate of drug-likeness (QED) is 0.850. The first-order valence-electron chi connectivity index (χ1n) is 5.89. The number of nitrogens with two attached hydrogens (primary N) is 1. The van der Waals surface area contributed by atoms with Crippen molar-refractivity contribution in [2.45, 2.75) is 19.3 Å². The van der Waals surface area contributed by atoms with E-state index in [-0.39, 0.29) is 5.82 Å². The van der Waals surface area contributed by atoms with Crippen LogP contribution in [0.4, 0.5) is 4.39 Å². The van der Waals surface area contributed by atoms with Gasteiger partial charge in [-0.2, -0.15) is 0 Å². The third-order valence-corrected chi connectivity index (χ3v) is 3.47. The maximum Gasteiger partial charge on any atom is 0.142 e. The van der Waals surface area contributed by atoms with E-state index in [0.717, 1.165) is 23.7 Å². The van der Waals surface area contributed by atoms with E-state index in [4.69, 9.17) is 5.73 Å². The number of halogens is 2. The lowest BCUT2D eigenvalue weighted by Crippen LogP contribution is -2.00.